The van der Waals surface area contributed by atoms with Crippen molar-refractivity contribution in [3.05, 3.63) is 58.6 Å². The van der Waals surface area contributed by atoms with Crippen molar-refractivity contribution in [1.82, 2.24) is 0 Å². The molecule has 0 saturated carbocycles. The number of para-hydroxylation sites is 1. The summed E-state index contributed by atoms with van der Waals surface area (Å²) in [4.78, 5) is 11.8. The molecule has 0 aromatic heterocycles. The van der Waals surface area contributed by atoms with Crippen molar-refractivity contribution < 1.29 is 9.53 Å². The molecule has 104 valence electrons. The molecule has 2 aromatic carbocycles. The van der Waals surface area contributed by atoms with E-state index in [0.29, 0.717) is 10.7 Å². The Balaban J connectivity index is 1.96. The van der Waals surface area contributed by atoms with Gasteiger partial charge in [0, 0.05) is 0 Å². The normalized spacial score (nSPS) is 10.2. The van der Waals surface area contributed by atoms with Crippen molar-refractivity contribution in [2.45, 2.75) is 13.8 Å². The van der Waals surface area contributed by atoms with Gasteiger partial charge in [0.25, 0.3) is 5.91 Å². The average Bonchev–Trinajstić information content (AvgIpc) is 2.42. The SMILES string of the molecule is Cc1ccc(C)c(OCC(=O)Nc2ccccc2Cl)c1. The van der Waals surface area contributed by atoms with Gasteiger partial charge in [-0.2, -0.15) is 0 Å². The van der Waals surface area contributed by atoms with Crippen LogP contribution in [-0.2, 0) is 4.79 Å². The molecule has 0 aliphatic rings. The van der Waals surface area contributed by atoms with Gasteiger partial charge in [-0.15, -0.1) is 0 Å². The van der Waals surface area contributed by atoms with E-state index in [1.807, 2.05) is 44.2 Å². The molecule has 0 spiro atoms. The van der Waals surface area contributed by atoms with Gasteiger partial charge >= 0.3 is 0 Å². The van der Waals surface area contributed by atoms with Crippen LogP contribution in [0.5, 0.6) is 5.75 Å². The third-order valence-electron chi connectivity index (χ3n) is 2.85. The molecule has 20 heavy (non-hydrogen) atoms. The molecular formula is C16H16ClNO2. The predicted molar refractivity (Wildman–Crippen MR) is 81.5 cm³/mol. The maximum Gasteiger partial charge on any atom is 0.262 e. The van der Waals surface area contributed by atoms with Crippen LogP contribution < -0.4 is 10.1 Å². The highest BCUT2D eigenvalue weighted by Crippen LogP contribution is 2.21. The second-order valence-corrected chi connectivity index (χ2v) is 4.99. The molecule has 3 nitrogen and oxygen atoms in total. The molecule has 0 bridgehead atoms. The minimum atomic E-state index is -0.237. The maximum atomic E-state index is 11.8. The smallest absolute Gasteiger partial charge is 0.262 e. The molecule has 0 fully saturated rings. The van der Waals surface area contributed by atoms with Crippen molar-refractivity contribution in [2.24, 2.45) is 0 Å². The van der Waals surface area contributed by atoms with Gasteiger partial charge in [0.2, 0.25) is 0 Å². The number of nitrogens with one attached hydrogen (secondary N) is 1. The van der Waals surface area contributed by atoms with Gasteiger partial charge in [0.1, 0.15) is 5.75 Å². The van der Waals surface area contributed by atoms with Crippen LogP contribution in [0, 0.1) is 13.8 Å². The van der Waals surface area contributed by atoms with Crippen LogP contribution in [0.2, 0.25) is 5.02 Å². The molecule has 0 atom stereocenters. The number of carbonyl (C=O) groups is 1. The fourth-order valence-corrected chi connectivity index (χ4v) is 1.94. The van der Waals surface area contributed by atoms with Crippen LogP contribution in [-0.4, -0.2) is 12.5 Å². The first-order chi connectivity index (χ1) is 9.56. The number of rotatable bonds is 4. The number of halogens is 1. The third kappa shape index (κ3) is 3.75. The molecule has 1 N–H and O–H groups in total. The summed E-state index contributed by atoms with van der Waals surface area (Å²) in [6, 6.07) is 13.0. The zero-order valence-electron chi connectivity index (χ0n) is 11.4. The zero-order chi connectivity index (χ0) is 14.5. The lowest BCUT2D eigenvalue weighted by atomic mass is 10.1. The Morgan fingerprint density at radius 3 is 2.70 bits per heavy atom. The van der Waals surface area contributed by atoms with Crippen LogP contribution in [0.4, 0.5) is 5.69 Å². The maximum absolute atomic E-state index is 11.8. The summed E-state index contributed by atoms with van der Waals surface area (Å²) >= 11 is 5.98. The van der Waals surface area contributed by atoms with Gasteiger partial charge < -0.3 is 10.1 Å². The number of amides is 1. The Kier molecular flexibility index (Phi) is 4.64. The Morgan fingerprint density at radius 1 is 1.20 bits per heavy atom. The number of hydrogen-bond acceptors (Lipinski definition) is 2. The molecule has 2 aromatic rings. The molecule has 2 rings (SSSR count). The highest BCUT2D eigenvalue weighted by atomic mass is 35.5. The Morgan fingerprint density at radius 2 is 1.95 bits per heavy atom. The van der Waals surface area contributed by atoms with Crippen molar-refractivity contribution in [3.8, 4) is 5.75 Å². The van der Waals surface area contributed by atoms with Gasteiger partial charge in [-0.1, -0.05) is 35.9 Å². The molecule has 0 radical (unpaired) electrons. The number of hydrogen-bond donors (Lipinski definition) is 1. The number of benzene rings is 2. The summed E-state index contributed by atoms with van der Waals surface area (Å²) in [6.07, 6.45) is 0. The monoisotopic (exact) mass is 289 g/mol. The van der Waals surface area contributed by atoms with Crippen molar-refractivity contribution in [3.63, 3.8) is 0 Å². The summed E-state index contributed by atoms with van der Waals surface area (Å²) < 4.78 is 5.54. The van der Waals surface area contributed by atoms with Gasteiger partial charge in [-0.25, -0.2) is 0 Å². The lowest BCUT2D eigenvalue weighted by Gasteiger charge is -2.11. The van der Waals surface area contributed by atoms with Gasteiger partial charge in [-0.3, -0.25) is 4.79 Å². The summed E-state index contributed by atoms with van der Waals surface area (Å²) in [5, 5.41) is 3.23. The summed E-state index contributed by atoms with van der Waals surface area (Å²) in [7, 11) is 0. The minimum absolute atomic E-state index is 0.0461. The number of ether oxygens (including phenoxy) is 1. The second kappa shape index (κ2) is 6.44. The lowest BCUT2D eigenvalue weighted by Crippen LogP contribution is -2.20. The Labute approximate surface area is 123 Å². The molecule has 0 heterocycles. The minimum Gasteiger partial charge on any atom is -0.483 e. The lowest BCUT2D eigenvalue weighted by molar-refractivity contribution is -0.118. The molecule has 0 aliphatic heterocycles. The van der Waals surface area contributed by atoms with Gasteiger partial charge in [-0.05, 0) is 43.2 Å². The zero-order valence-corrected chi connectivity index (χ0v) is 12.2. The standard InChI is InChI=1S/C16H16ClNO2/c1-11-7-8-12(2)15(9-11)20-10-16(19)18-14-6-4-3-5-13(14)17/h3-9H,10H2,1-2H3,(H,18,19). The number of anilines is 1. The quantitative estimate of drug-likeness (QED) is 0.925. The van der Waals surface area contributed by atoms with E-state index < -0.39 is 0 Å². The topological polar surface area (TPSA) is 38.3 Å². The molecule has 0 aliphatic carbocycles. The summed E-state index contributed by atoms with van der Waals surface area (Å²) in [5.41, 5.74) is 2.68. The van der Waals surface area contributed by atoms with Gasteiger partial charge in [0.05, 0.1) is 10.7 Å². The van der Waals surface area contributed by atoms with Crippen LogP contribution in [0.3, 0.4) is 0 Å². The number of aryl methyl sites for hydroxylation is 2. The van der Waals surface area contributed by atoms with E-state index in [1.165, 1.54) is 0 Å². The van der Waals surface area contributed by atoms with E-state index in [9.17, 15) is 4.79 Å². The van der Waals surface area contributed by atoms with Crippen molar-refractivity contribution in [1.29, 1.82) is 0 Å². The molecule has 4 heteroatoms. The van der Waals surface area contributed by atoms with E-state index in [0.717, 1.165) is 16.9 Å². The van der Waals surface area contributed by atoms with Crippen LogP contribution in [0.25, 0.3) is 0 Å². The summed E-state index contributed by atoms with van der Waals surface area (Å²) in [5.74, 6) is 0.485. The highest BCUT2D eigenvalue weighted by molar-refractivity contribution is 6.33. The van der Waals surface area contributed by atoms with Gasteiger partial charge in [0.15, 0.2) is 6.61 Å². The summed E-state index contributed by atoms with van der Waals surface area (Å²) in [6.45, 7) is 3.88. The van der Waals surface area contributed by atoms with Crippen molar-refractivity contribution in [2.75, 3.05) is 11.9 Å². The predicted octanol–water partition coefficient (Wildman–Crippen LogP) is 3.97. The molecule has 0 saturated heterocycles. The van der Waals surface area contributed by atoms with E-state index in [2.05, 4.69) is 5.32 Å². The van der Waals surface area contributed by atoms with E-state index in [1.54, 1.807) is 12.1 Å². The molecule has 0 unspecified atom stereocenters. The van der Waals surface area contributed by atoms with E-state index in [4.69, 9.17) is 16.3 Å². The first kappa shape index (κ1) is 14.4. The first-order valence-electron chi connectivity index (χ1n) is 6.30. The Hall–Kier alpha value is -2.00. The average molecular weight is 290 g/mol. The molecular weight excluding hydrogens is 274 g/mol. The van der Waals surface area contributed by atoms with E-state index >= 15 is 0 Å². The van der Waals surface area contributed by atoms with Crippen LogP contribution in [0.15, 0.2) is 42.5 Å². The number of carbonyl (C=O) groups excluding carboxylic acids is 1. The fourth-order valence-electron chi connectivity index (χ4n) is 1.75. The molecule has 1 amide bonds. The van der Waals surface area contributed by atoms with Crippen molar-refractivity contribution >= 4 is 23.2 Å². The van der Waals surface area contributed by atoms with Crippen LogP contribution in [0.1, 0.15) is 11.1 Å². The Bertz CT molecular complexity index is 626. The second-order valence-electron chi connectivity index (χ2n) is 4.59. The first-order valence-corrected chi connectivity index (χ1v) is 6.68. The van der Waals surface area contributed by atoms with E-state index in [-0.39, 0.29) is 12.5 Å². The largest absolute Gasteiger partial charge is 0.483 e. The van der Waals surface area contributed by atoms with Crippen LogP contribution >= 0.6 is 11.6 Å². The highest BCUT2D eigenvalue weighted by Gasteiger charge is 2.07. The third-order valence-corrected chi connectivity index (χ3v) is 3.18. The fraction of sp³-hybridized carbons (Fsp3) is 0.188.